The lowest BCUT2D eigenvalue weighted by Gasteiger charge is -1.81. The first-order valence-corrected chi connectivity index (χ1v) is 4.49. The van der Waals surface area contributed by atoms with Crippen molar-refractivity contribution in [3.05, 3.63) is 36.4 Å². The molecule has 1 aromatic rings. The van der Waals surface area contributed by atoms with Crippen LogP contribution in [0.5, 0.6) is 0 Å². The van der Waals surface area contributed by atoms with Crippen molar-refractivity contribution in [3.63, 3.8) is 0 Å². The molecule has 1 aromatic carbocycles. The van der Waals surface area contributed by atoms with Gasteiger partial charge in [0.05, 0.1) is 6.61 Å². The Morgan fingerprint density at radius 2 is 1.62 bits per heavy atom. The first-order valence-electron chi connectivity index (χ1n) is 4.49. The van der Waals surface area contributed by atoms with Gasteiger partial charge in [-0.15, -0.1) is 0 Å². The SMILES string of the molecule is CCC(=O)C1CO1.c1ccccc1. The van der Waals surface area contributed by atoms with E-state index >= 15 is 0 Å². The zero-order valence-corrected chi connectivity index (χ0v) is 7.77. The molecule has 0 N–H and O–H groups in total. The van der Waals surface area contributed by atoms with Crippen LogP contribution in [0.1, 0.15) is 13.3 Å². The minimum Gasteiger partial charge on any atom is -0.365 e. The van der Waals surface area contributed by atoms with Crippen LogP contribution in [-0.4, -0.2) is 18.5 Å². The molecule has 0 spiro atoms. The first-order chi connectivity index (χ1) is 6.34. The average Bonchev–Trinajstić information content (AvgIpc) is 3.04. The fourth-order valence-electron chi connectivity index (χ4n) is 0.847. The number of rotatable bonds is 2. The molecule has 1 fully saturated rings. The molecule has 0 amide bonds. The fourth-order valence-corrected chi connectivity index (χ4v) is 0.847. The molecule has 1 atom stereocenters. The Balaban J connectivity index is 0.000000132. The van der Waals surface area contributed by atoms with Gasteiger partial charge < -0.3 is 4.74 Å². The summed E-state index contributed by atoms with van der Waals surface area (Å²) in [7, 11) is 0. The number of ketones is 1. The second kappa shape index (κ2) is 5.49. The van der Waals surface area contributed by atoms with Crippen molar-refractivity contribution in [3.8, 4) is 0 Å². The smallest absolute Gasteiger partial charge is 0.163 e. The van der Waals surface area contributed by atoms with Crippen LogP contribution in [0, 0.1) is 0 Å². The molecule has 0 radical (unpaired) electrons. The molecular weight excluding hydrogens is 164 g/mol. The van der Waals surface area contributed by atoms with E-state index in [1.54, 1.807) is 0 Å². The summed E-state index contributed by atoms with van der Waals surface area (Å²) in [5, 5.41) is 0. The van der Waals surface area contributed by atoms with Crippen LogP contribution < -0.4 is 0 Å². The second-order valence-electron chi connectivity index (χ2n) is 2.80. The number of carbonyl (C=O) groups excluding carboxylic acids is 1. The summed E-state index contributed by atoms with van der Waals surface area (Å²) in [4.78, 5) is 10.4. The van der Waals surface area contributed by atoms with Gasteiger partial charge in [0.25, 0.3) is 0 Å². The number of ether oxygens (including phenoxy) is 1. The van der Waals surface area contributed by atoms with Crippen molar-refractivity contribution in [1.82, 2.24) is 0 Å². The lowest BCUT2D eigenvalue weighted by atomic mass is 10.2. The van der Waals surface area contributed by atoms with Gasteiger partial charge in [0.1, 0.15) is 6.10 Å². The van der Waals surface area contributed by atoms with Crippen LogP contribution in [0.25, 0.3) is 0 Å². The maximum Gasteiger partial charge on any atom is 0.163 e. The number of epoxide rings is 1. The summed E-state index contributed by atoms with van der Waals surface area (Å²) in [6.07, 6.45) is 0.593. The fraction of sp³-hybridized carbons (Fsp3) is 0.364. The van der Waals surface area contributed by atoms with Crippen molar-refractivity contribution in [2.24, 2.45) is 0 Å². The molecule has 13 heavy (non-hydrogen) atoms. The highest BCUT2D eigenvalue weighted by Gasteiger charge is 2.28. The quantitative estimate of drug-likeness (QED) is 0.649. The third-order valence-corrected chi connectivity index (χ3v) is 1.71. The summed E-state index contributed by atoms with van der Waals surface area (Å²) < 4.78 is 4.71. The average molecular weight is 178 g/mol. The van der Waals surface area contributed by atoms with Gasteiger partial charge in [0, 0.05) is 6.42 Å². The normalized spacial score (nSPS) is 18.4. The van der Waals surface area contributed by atoms with E-state index in [1.165, 1.54) is 0 Å². The maximum absolute atomic E-state index is 10.4. The zero-order chi connectivity index (χ0) is 9.52. The Morgan fingerprint density at radius 1 is 1.23 bits per heavy atom. The number of hydrogen-bond acceptors (Lipinski definition) is 2. The van der Waals surface area contributed by atoms with Gasteiger partial charge in [-0.05, 0) is 0 Å². The summed E-state index contributed by atoms with van der Waals surface area (Å²) >= 11 is 0. The van der Waals surface area contributed by atoms with E-state index in [9.17, 15) is 4.79 Å². The molecule has 1 aliphatic rings. The van der Waals surface area contributed by atoms with Gasteiger partial charge in [-0.2, -0.15) is 0 Å². The first kappa shape index (κ1) is 9.93. The largest absolute Gasteiger partial charge is 0.365 e. The number of benzene rings is 1. The third kappa shape index (κ3) is 4.43. The minimum atomic E-state index is -0.0231. The van der Waals surface area contributed by atoms with Crippen LogP contribution in [0.15, 0.2) is 36.4 Å². The van der Waals surface area contributed by atoms with Crippen LogP contribution in [0.3, 0.4) is 0 Å². The molecule has 1 heterocycles. The zero-order valence-electron chi connectivity index (χ0n) is 7.77. The molecule has 0 aliphatic carbocycles. The Morgan fingerprint density at radius 3 is 1.77 bits per heavy atom. The predicted molar refractivity (Wildman–Crippen MR) is 51.5 cm³/mol. The topological polar surface area (TPSA) is 29.6 Å². The van der Waals surface area contributed by atoms with E-state index in [2.05, 4.69) is 0 Å². The van der Waals surface area contributed by atoms with Gasteiger partial charge in [0.2, 0.25) is 0 Å². The van der Waals surface area contributed by atoms with Crippen molar-refractivity contribution in [1.29, 1.82) is 0 Å². The summed E-state index contributed by atoms with van der Waals surface area (Å²) in [5.41, 5.74) is 0. The molecule has 2 nitrogen and oxygen atoms in total. The lowest BCUT2D eigenvalue weighted by Crippen LogP contribution is -2.02. The van der Waals surface area contributed by atoms with Crippen molar-refractivity contribution in [2.45, 2.75) is 19.4 Å². The van der Waals surface area contributed by atoms with Gasteiger partial charge in [-0.25, -0.2) is 0 Å². The highest BCUT2D eigenvalue weighted by atomic mass is 16.6. The predicted octanol–water partition coefficient (Wildman–Crippen LogP) is 2.05. The van der Waals surface area contributed by atoms with Crippen molar-refractivity contribution >= 4 is 5.78 Å². The molecule has 70 valence electrons. The van der Waals surface area contributed by atoms with Gasteiger partial charge >= 0.3 is 0 Å². The lowest BCUT2D eigenvalue weighted by molar-refractivity contribution is -0.119. The number of Topliss-reactive ketones (excluding diaryl/α,β-unsaturated/α-hetero) is 1. The molecule has 0 bridgehead atoms. The van der Waals surface area contributed by atoms with Crippen molar-refractivity contribution in [2.75, 3.05) is 6.61 Å². The standard InChI is InChI=1S/C6H6.C5H8O2/c1-2-4-6-5-3-1;1-2-4(6)5-3-7-5/h1-6H;5H,2-3H2,1H3. The van der Waals surface area contributed by atoms with E-state index in [-0.39, 0.29) is 11.9 Å². The Labute approximate surface area is 78.5 Å². The molecule has 1 saturated heterocycles. The Bertz CT molecular complexity index is 213. The highest BCUT2D eigenvalue weighted by molar-refractivity contribution is 5.84. The van der Waals surface area contributed by atoms with E-state index in [0.29, 0.717) is 13.0 Å². The monoisotopic (exact) mass is 178 g/mol. The summed E-state index contributed by atoms with van der Waals surface area (Å²) in [6.45, 7) is 2.51. The summed E-state index contributed by atoms with van der Waals surface area (Å²) in [6, 6.07) is 12.0. The van der Waals surface area contributed by atoms with Gasteiger partial charge in [-0.1, -0.05) is 43.3 Å². The maximum atomic E-state index is 10.4. The Hall–Kier alpha value is -1.15. The molecule has 2 heteroatoms. The van der Waals surface area contributed by atoms with E-state index in [1.807, 2.05) is 43.3 Å². The van der Waals surface area contributed by atoms with E-state index in [0.717, 1.165) is 0 Å². The number of carbonyl (C=O) groups is 1. The molecule has 0 aromatic heterocycles. The highest BCUT2D eigenvalue weighted by Crippen LogP contribution is 2.10. The van der Waals surface area contributed by atoms with Crippen LogP contribution >= 0.6 is 0 Å². The molecular formula is C11H14O2. The summed E-state index contributed by atoms with van der Waals surface area (Å²) in [5.74, 6) is 0.236. The van der Waals surface area contributed by atoms with Crippen LogP contribution in [-0.2, 0) is 9.53 Å². The van der Waals surface area contributed by atoms with Gasteiger partial charge in [0.15, 0.2) is 5.78 Å². The molecule has 1 unspecified atom stereocenters. The third-order valence-electron chi connectivity index (χ3n) is 1.71. The Kier molecular flexibility index (Phi) is 4.19. The second-order valence-corrected chi connectivity index (χ2v) is 2.80. The van der Waals surface area contributed by atoms with Gasteiger partial charge in [-0.3, -0.25) is 4.79 Å². The van der Waals surface area contributed by atoms with Crippen LogP contribution in [0.2, 0.25) is 0 Å². The number of hydrogen-bond donors (Lipinski definition) is 0. The van der Waals surface area contributed by atoms with Crippen molar-refractivity contribution < 1.29 is 9.53 Å². The minimum absolute atomic E-state index is 0.0231. The molecule has 1 aliphatic heterocycles. The van der Waals surface area contributed by atoms with Crippen LogP contribution in [0.4, 0.5) is 0 Å². The molecule has 0 saturated carbocycles. The van der Waals surface area contributed by atoms with E-state index in [4.69, 9.17) is 4.74 Å². The molecule has 2 rings (SSSR count). The van der Waals surface area contributed by atoms with E-state index < -0.39 is 0 Å².